The van der Waals surface area contributed by atoms with E-state index in [0.717, 1.165) is 5.56 Å². The molecular weight excluding hydrogens is 340 g/mol. The second-order valence-electron chi connectivity index (χ2n) is 5.64. The van der Waals surface area contributed by atoms with Crippen LogP contribution in [0.25, 0.3) is 11.0 Å². The molecule has 1 heterocycles. The molecule has 0 N–H and O–H groups in total. The third-order valence-corrected chi connectivity index (χ3v) is 4.19. The summed E-state index contributed by atoms with van der Waals surface area (Å²) in [5.74, 6) is -0.373. The predicted octanol–water partition coefficient (Wildman–Crippen LogP) is 3.20. The second-order valence-corrected chi connectivity index (χ2v) is 6.08. The van der Waals surface area contributed by atoms with Crippen LogP contribution in [0.4, 0.5) is 0 Å². The van der Waals surface area contributed by atoms with Crippen LogP contribution in [0.1, 0.15) is 17.7 Å². The molecule has 0 bridgehead atoms. The number of rotatable bonds is 5. The van der Waals surface area contributed by atoms with Crippen molar-refractivity contribution >= 4 is 28.6 Å². The van der Waals surface area contributed by atoms with Crippen molar-refractivity contribution in [2.45, 2.75) is 19.4 Å². The average Bonchev–Trinajstić information content (AvgIpc) is 2.63. The number of benzene rings is 2. The van der Waals surface area contributed by atoms with Gasteiger partial charge in [0.2, 0.25) is 0 Å². The summed E-state index contributed by atoms with van der Waals surface area (Å²) in [5, 5.41) is 0.545. The third-order valence-electron chi connectivity index (χ3n) is 3.95. The zero-order valence-electron chi connectivity index (χ0n) is 13.7. The number of carbonyl (C=O) groups excluding carboxylic acids is 1. The van der Waals surface area contributed by atoms with Gasteiger partial charge in [-0.1, -0.05) is 41.9 Å². The minimum atomic E-state index is -0.373. The van der Waals surface area contributed by atoms with Gasteiger partial charge >= 0.3 is 5.97 Å². The Balaban J connectivity index is 2.10. The van der Waals surface area contributed by atoms with Crippen molar-refractivity contribution in [1.82, 2.24) is 9.55 Å². The molecular formula is C19H17ClN2O3. The minimum Gasteiger partial charge on any atom is -0.469 e. The number of ether oxygens (including phenoxy) is 1. The lowest BCUT2D eigenvalue weighted by atomic mass is 10.2. The van der Waals surface area contributed by atoms with Crippen LogP contribution < -0.4 is 5.56 Å². The van der Waals surface area contributed by atoms with Crippen LogP contribution in [-0.2, 0) is 22.5 Å². The minimum absolute atomic E-state index is 0.107. The maximum atomic E-state index is 12.9. The number of halogens is 1. The molecule has 0 spiro atoms. The molecule has 0 radical (unpaired) electrons. The highest BCUT2D eigenvalue weighted by Crippen LogP contribution is 2.18. The summed E-state index contributed by atoms with van der Waals surface area (Å²) >= 11 is 6.07. The van der Waals surface area contributed by atoms with Gasteiger partial charge < -0.3 is 9.30 Å². The number of aryl methyl sites for hydroxylation is 1. The van der Waals surface area contributed by atoms with E-state index in [0.29, 0.717) is 28.3 Å². The fourth-order valence-electron chi connectivity index (χ4n) is 2.68. The van der Waals surface area contributed by atoms with Gasteiger partial charge in [0.05, 0.1) is 31.1 Å². The normalized spacial score (nSPS) is 10.8. The Kier molecular flexibility index (Phi) is 5.14. The van der Waals surface area contributed by atoms with E-state index in [9.17, 15) is 9.59 Å². The van der Waals surface area contributed by atoms with Gasteiger partial charge in [-0.05, 0) is 23.8 Å². The Morgan fingerprint density at radius 2 is 1.96 bits per heavy atom. The molecule has 0 saturated carbocycles. The van der Waals surface area contributed by atoms with Crippen molar-refractivity contribution in [3.8, 4) is 0 Å². The van der Waals surface area contributed by atoms with Gasteiger partial charge in [-0.3, -0.25) is 9.59 Å². The van der Waals surface area contributed by atoms with Crippen LogP contribution in [0.5, 0.6) is 0 Å². The van der Waals surface area contributed by atoms with Crippen LogP contribution in [0.3, 0.4) is 0 Å². The quantitative estimate of drug-likeness (QED) is 0.659. The lowest BCUT2D eigenvalue weighted by Gasteiger charge is -2.12. The number of nitrogens with zero attached hydrogens (tertiary/aromatic N) is 2. The largest absolute Gasteiger partial charge is 0.469 e. The summed E-state index contributed by atoms with van der Waals surface area (Å²) in [4.78, 5) is 28.7. The molecule has 25 heavy (non-hydrogen) atoms. The molecule has 0 atom stereocenters. The first-order valence-corrected chi connectivity index (χ1v) is 8.26. The Labute approximate surface area is 149 Å². The van der Waals surface area contributed by atoms with Crippen LogP contribution in [0.15, 0.2) is 53.3 Å². The number of aromatic nitrogens is 2. The fraction of sp³-hybridized carbons (Fsp3) is 0.211. The summed E-state index contributed by atoms with van der Waals surface area (Å²) in [6, 6.07) is 15.0. The molecule has 3 aromatic rings. The summed E-state index contributed by atoms with van der Waals surface area (Å²) in [7, 11) is 1.32. The van der Waals surface area contributed by atoms with Crippen LogP contribution in [0, 0.1) is 0 Å². The standard InChI is InChI=1S/C19H17ClN2O3/c1-25-18(23)10-8-15-19(24)22(12-13-5-3-2-4-6-13)17-9-7-14(20)11-16(17)21-15/h2-7,9,11H,8,10,12H2,1H3. The molecule has 0 unspecified atom stereocenters. The SMILES string of the molecule is COC(=O)CCc1nc2cc(Cl)ccc2n(Cc2ccccc2)c1=O. The van der Waals surface area contributed by atoms with E-state index < -0.39 is 0 Å². The molecule has 3 rings (SSSR count). The average molecular weight is 357 g/mol. The Hall–Kier alpha value is -2.66. The molecule has 1 aromatic heterocycles. The molecule has 0 fully saturated rings. The zero-order valence-corrected chi connectivity index (χ0v) is 14.5. The molecule has 0 aliphatic carbocycles. The van der Waals surface area contributed by atoms with E-state index in [1.165, 1.54) is 7.11 Å². The molecule has 5 nitrogen and oxygen atoms in total. The highest BCUT2D eigenvalue weighted by atomic mass is 35.5. The first-order valence-electron chi connectivity index (χ1n) is 7.88. The maximum Gasteiger partial charge on any atom is 0.305 e. The first-order chi connectivity index (χ1) is 12.1. The number of hydrogen-bond donors (Lipinski definition) is 0. The second kappa shape index (κ2) is 7.49. The number of esters is 1. The van der Waals surface area contributed by atoms with Gasteiger partial charge in [0, 0.05) is 11.4 Å². The van der Waals surface area contributed by atoms with E-state index >= 15 is 0 Å². The van der Waals surface area contributed by atoms with E-state index in [-0.39, 0.29) is 24.4 Å². The monoisotopic (exact) mass is 356 g/mol. The lowest BCUT2D eigenvalue weighted by Crippen LogP contribution is -2.27. The molecule has 128 valence electrons. The van der Waals surface area contributed by atoms with Gasteiger partial charge in [0.15, 0.2) is 0 Å². The number of fused-ring (bicyclic) bond motifs is 1. The summed E-state index contributed by atoms with van der Waals surface area (Å²) in [6.45, 7) is 0.422. The highest BCUT2D eigenvalue weighted by Gasteiger charge is 2.13. The molecule has 0 saturated heterocycles. The van der Waals surface area contributed by atoms with Crippen molar-refractivity contribution in [2.75, 3.05) is 7.11 Å². The van der Waals surface area contributed by atoms with Gasteiger partial charge in [-0.25, -0.2) is 4.98 Å². The molecule has 0 aliphatic rings. The predicted molar refractivity (Wildman–Crippen MR) is 96.9 cm³/mol. The van der Waals surface area contributed by atoms with Gasteiger partial charge in [-0.2, -0.15) is 0 Å². The fourth-order valence-corrected chi connectivity index (χ4v) is 2.85. The highest BCUT2D eigenvalue weighted by molar-refractivity contribution is 6.31. The number of methoxy groups -OCH3 is 1. The Morgan fingerprint density at radius 1 is 1.20 bits per heavy atom. The zero-order chi connectivity index (χ0) is 17.8. The summed E-state index contributed by atoms with van der Waals surface area (Å²) in [5.41, 5.74) is 2.47. The van der Waals surface area contributed by atoms with Crippen molar-refractivity contribution < 1.29 is 9.53 Å². The molecule has 0 aliphatic heterocycles. The van der Waals surface area contributed by atoms with Crippen molar-refractivity contribution in [3.05, 3.63) is 75.2 Å². The number of carbonyl (C=O) groups is 1. The van der Waals surface area contributed by atoms with Crippen molar-refractivity contribution in [1.29, 1.82) is 0 Å². The van der Waals surface area contributed by atoms with Crippen molar-refractivity contribution in [2.24, 2.45) is 0 Å². The molecule has 6 heteroatoms. The molecule has 2 aromatic carbocycles. The molecule has 0 amide bonds. The number of hydrogen-bond acceptors (Lipinski definition) is 4. The Morgan fingerprint density at radius 3 is 2.68 bits per heavy atom. The van der Waals surface area contributed by atoms with Crippen LogP contribution in [-0.4, -0.2) is 22.6 Å². The Bertz CT molecular complexity index is 968. The first kappa shape index (κ1) is 17.2. The van der Waals surface area contributed by atoms with Crippen molar-refractivity contribution in [3.63, 3.8) is 0 Å². The summed E-state index contributed by atoms with van der Waals surface area (Å²) in [6.07, 6.45) is 0.332. The van der Waals surface area contributed by atoms with E-state index in [4.69, 9.17) is 11.6 Å². The third kappa shape index (κ3) is 3.88. The maximum absolute atomic E-state index is 12.9. The van der Waals surface area contributed by atoms with Gasteiger partial charge in [0.1, 0.15) is 5.69 Å². The lowest BCUT2D eigenvalue weighted by molar-refractivity contribution is -0.140. The van der Waals surface area contributed by atoms with Gasteiger partial charge in [0.25, 0.3) is 5.56 Å². The smallest absolute Gasteiger partial charge is 0.305 e. The topological polar surface area (TPSA) is 61.2 Å². The van der Waals surface area contributed by atoms with Crippen LogP contribution >= 0.6 is 11.6 Å². The van der Waals surface area contributed by atoms with Crippen LogP contribution in [0.2, 0.25) is 5.02 Å². The van der Waals surface area contributed by atoms with E-state index in [2.05, 4.69) is 9.72 Å². The van der Waals surface area contributed by atoms with Gasteiger partial charge in [-0.15, -0.1) is 0 Å². The summed E-state index contributed by atoms with van der Waals surface area (Å²) < 4.78 is 6.31. The van der Waals surface area contributed by atoms with E-state index in [1.54, 1.807) is 22.8 Å². The van der Waals surface area contributed by atoms with E-state index in [1.807, 2.05) is 30.3 Å².